The Bertz CT molecular complexity index is 418. The summed E-state index contributed by atoms with van der Waals surface area (Å²) in [5, 5.41) is 6.55. The van der Waals surface area contributed by atoms with Crippen molar-refractivity contribution in [3.8, 4) is 0 Å². The van der Waals surface area contributed by atoms with E-state index in [9.17, 15) is 9.00 Å². The molecule has 0 aliphatic carbocycles. The van der Waals surface area contributed by atoms with Gasteiger partial charge in [-0.05, 0) is 6.92 Å². The topological polar surface area (TPSA) is 90.0 Å². The lowest BCUT2D eigenvalue weighted by Gasteiger charge is -2.13. The molecule has 7 heteroatoms. The molecular formula is C10H18N4O2S. The summed E-state index contributed by atoms with van der Waals surface area (Å²) in [4.78, 5) is 11.7. The van der Waals surface area contributed by atoms with Crippen LogP contribution in [0.4, 0.5) is 0 Å². The van der Waals surface area contributed by atoms with Gasteiger partial charge in [0.2, 0.25) is 5.91 Å². The molecule has 0 spiro atoms. The van der Waals surface area contributed by atoms with Gasteiger partial charge in [-0.2, -0.15) is 5.10 Å². The van der Waals surface area contributed by atoms with Gasteiger partial charge in [-0.3, -0.25) is 13.7 Å². The summed E-state index contributed by atoms with van der Waals surface area (Å²) in [6.07, 6.45) is 4.87. The van der Waals surface area contributed by atoms with Crippen LogP contribution in [0, 0.1) is 0 Å². The molecule has 1 heterocycles. The standard InChI is InChI=1S/C10H18N4O2S/c1-7(17(3)16)4-12-10(15)9(11)8-5-13-14(2)6-8/h5-7,9H,4,11H2,1-3H3,(H,12,15). The first-order valence-electron chi connectivity index (χ1n) is 5.26. The molecule has 0 fully saturated rings. The van der Waals surface area contributed by atoms with E-state index in [0.717, 1.165) is 0 Å². The Morgan fingerprint density at radius 1 is 1.71 bits per heavy atom. The van der Waals surface area contributed by atoms with E-state index in [2.05, 4.69) is 10.4 Å². The van der Waals surface area contributed by atoms with E-state index in [-0.39, 0.29) is 11.2 Å². The van der Waals surface area contributed by atoms with Gasteiger partial charge in [0.25, 0.3) is 0 Å². The molecular weight excluding hydrogens is 240 g/mol. The van der Waals surface area contributed by atoms with Gasteiger partial charge in [-0.15, -0.1) is 0 Å². The molecule has 3 atom stereocenters. The highest BCUT2D eigenvalue weighted by Gasteiger charge is 2.18. The number of carbonyl (C=O) groups is 1. The molecule has 0 bridgehead atoms. The number of nitrogens with one attached hydrogen (secondary N) is 1. The summed E-state index contributed by atoms with van der Waals surface area (Å²) in [7, 11) is 0.808. The molecule has 0 aliphatic heterocycles. The fourth-order valence-corrected chi connectivity index (χ4v) is 1.54. The normalized spacial score (nSPS) is 16.2. The van der Waals surface area contributed by atoms with Gasteiger partial charge in [0.1, 0.15) is 6.04 Å². The third kappa shape index (κ3) is 3.94. The Kier molecular flexibility index (Phi) is 4.83. The highest BCUT2D eigenvalue weighted by Crippen LogP contribution is 2.08. The number of hydrogen-bond donors (Lipinski definition) is 2. The highest BCUT2D eigenvalue weighted by molar-refractivity contribution is 7.84. The second kappa shape index (κ2) is 5.92. The SMILES string of the molecule is CC(CNC(=O)C(N)c1cnn(C)c1)S(C)=O. The predicted molar refractivity (Wildman–Crippen MR) is 66.7 cm³/mol. The minimum atomic E-state index is -0.952. The Hall–Kier alpha value is -1.21. The minimum Gasteiger partial charge on any atom is -0.353 e. The van der Waals surface area contributed by atoms with Crippen LogP contribution in [0.25, 0.3) is 0 Å². The number of nitrogens with two attached hydrogens (primary N) is 1. The first-order valence-corrected chi connectivity index (χ1v) is 6.88. The Balaban J connectivity index is 2.50. The Morgan fingerprint density at radius 2 is 2.35 bits per heavy atom. The summed E-state index contributed by atoms with van der Waals surface area (Å²) < 4.78 is 12.7. The monoisotopic (exact) mass is 258 g/mol. The predicted octanol–water partition coefficient (Wildman–Crippen LogP) is -0.697. The van der Waals surface area contributed by atoms with E-state index < -0.39 is 16.8 Å². The summed E-state index contributed by atoms with van der Waals surface area (Å²) in [6.45, 7) is 2.17. The zero-order valence-electron chi connectivity index (χ0n) is 10.2. The lowest BCUT2D eigenvalue weighted by Crippen LogP contribution is -2.38. The average molecular weight is 258 g/mol. The van der Waals surface area contributed by atoms with Crippen molar-refractivity contribution in [2.45, 2.75) is 18.2 Å². The van der Waals surface area contributed by atoms with E-state index in [4.69, 9.17) is 5.73 Å². The van der Waals surface area contributed by atoms with Gasteiger partial charge in [0.15, 0.2) is 0 Å². The van der Waals surface area contributed by atoms with Crippen molar-refractivity contribution in [3.05, 3.63) is 18.0 Å². The number of rotatable bonds is 5. The van der Waals surface area contributed by atoms with Crippen LogP contribution in [-0.4, -0.2) is 37.9 Å². The molecule has 1 amide bonds. The van der Waals surface area contributed by atoms with Crippen LogP contribution in [0.2, 0.25) is 0 Å². The van der Waals surface area contributed by atoms with Crippen molar-refractivity contribution in [3.63, 3.8) is 0 Å². The van der Waals surface area contributed by atoms with Crippen molar-refractivity contribution in [1.82, 2.24) is 15.1 Å². The first kappa shape index (κ1) is 13.9. The van der Waals surface area contributed by atoms with Crippen molar-refractivity contribution in [2.24, 2.45) is 12.8 Å². The van der Waals surface area contributed by atoms with Crippen LogP contribution < -0.4 is 11.1 Å². The van der Waals surface area contributed by atoms with Crippen LogP contribution in [-0.2, 0) is 22.6 Å². The van der Waals surface area contributed by atoms with Gasteiger partial charge in [0.05, 0.1) is 6.20 Å². The van der Waals surface area contributed by atoms with Crippen LogP contribution in [0.3, 0.4) is 0 Å². The molecule has 0 aromatic carbocycles. The van der Waals surface area contributed by atoms with Crippen LogP contribution in [0.5, 0.6) is 0 Å². The Labute approximate surface area is 103 Å². The van der Waals surface area contributed by atoms with Gasteiger partial charge in [0, 0.05) is 47.7 Å². The molecule has 1 rings (SSSR count). The maximum atomic E-state index is 11.7. The molecule has 1 aromatic heterocycles. The zero-order valence-corrected chi connectivity index (χ0v) is 11.0. The average Bonchev–Trinajstić information content (AvgIpc) is 2.70. The molecule has 0 radical (unpaired) electrons. The smallest absolute Gasteiger partial charge is 0.241 e. The Morgan fingerprint density at radius 3 is 2.82 bits per heavy atom. The molecule has 3 N–H and O–H groups in total. The maximum absolute atomic E-state index is 11.7. The van der Waals surface area contributed by atoms with E-state index in [1.54, 1.807) is 30.4 Å². The molecule has 6 nitrogen and oxygen atoms in total. The second-order valence-electron chi connectivity index (χ2n) is 3.98. The number of aromatic nitrogens is 2. The van der Waals surface area contributed by atoms with Crippen molar-refractivity contribution in [1.29, 1.82) is 0 Å². The van der Waals surface area contributed by atoms with Crippen LogP contribution >= 0.6 is 0 Å². The van der Waals surface area contributed by atoms with Crippen molar-refractivity contribution < 1.29 is 9.00 Å². The quantitative estimate of drug-likeness (QED) is 0.731. The van der Waals surface area contributed by atoms with Gasteiger partial charge < -0.3 is 11.1 Å². The van der Waals surface area contributed by atoms with Crippen molar-refractivity contribution >= 4 is 16.7 Å². The van der Waals surface area contributed by atoms with E-state index in [0.29, 0.717) is 12.1 Å². The lowest BCUT2D eigenvalue weighted by molar-refractivity contribution is -0.122. The number of carbonyl (C=O) groups excluding carboxylic acids is 1. The third-order valence-electron chi connectivity index (χ3n) is 2.50. The van der Waals surface area contributed by atoms with Gasteiger partial charge in [-0.1, -0.05) is 0 Å². The fraction of sp³-hybridized carbons (Fsp3) is 0.600. The van der Waals surface area contributed by atoms with Crippen molar-refractivity contribution in [2.75, 3.05) is 12.8 Å². The zero-order chi connectivity index (χ0) is 13.0. The number of amides is 1. The fourth-order valence-electron chi connectivity index (χ4n) is 1.22. The molecule has 17 heavy (non-hydrogen) atoms. The number of hydrogen-bond acceptors (Lipinski definition) is 4. The highest BCUT2D eigenvalue weighted by atomic mass is 32.2. The van der Waals surface area contributed by atoms with E-state index in [1.165, 1.54) is 0 Å². The largest absolute Gasteiger partial charge is 0.353 e. The lowest BCUT2D eigenvalue weighted by atomic mass is 10.1. The van der Waals surface area contributed by atoms with Crippen LogP contribution in [0.15, 0.2) is 12.4 Å². The third-order valence-corrected chi connectivity index (χ3v) is 3.80. The van der Waals surface area contributed by atoms with E-state index >= 15 is 0 Å². The molecule has 1 aromatic rings. The molecule has 3 unspecified atom stereocenters. The molecule has 0 saturated heterocycles. The summed E-state index contributed by atoms with van der Waals surface area (Å²) in [5.74, 6) is -0.282. The second-order valence-corrected chi connectivity index (χ2v) is 5.78. The maximum Gasteiger partial charge on any atom is 0.241 e. The summed E-state index contributed by atoms with van der Waals surface area (Å²) >= 11 is 0. The number of nitrogens with zero attached hydrogens (tertiary/aromatic N) is 2. The van der Waals surface area contributed by atoms with Gasteiger partial charge >= 0.3 is 0 Å². The number of aryl methyl sites for hydroxylation is 1. The molecule has 0 aliphatic rings. The summed E-state index contributed by atoms with van der Waals surface area (Å²) in [5.41, 5.74) is 6.44. The van der Waals surface area contributed by atoms with Crippen LogP contribution in [0.1, 0.15) is 18.5 Å². The van der Waals surface area contributed by atoms with E-state index in [1.807, 2.05) is 6.92 Å². The summed E-state index contributed by atoms with van der Waals surface area (Å²) in [6, 6.07) is -0.735. The minimum absolute atomic E-state index is 0.0833. The molecule has 96 valence electrons. The van der Waals surface area contributed by atoms with Gasteiger partial charge in [-0.25, -0.2) is 0 Å². The first-order chi connectivity index (χ1) is 7.91. The molecule has 0 saturated carbocycles.